The van der Waals surface area contributed by atoms with E-state index in [1.54, 1.807) is 25.3 Å². The normalized spacial score (nSPS) is 20.6. The summed E-state index contributed by atoms with van der Waals surface area (Å²) in [6.07, 6.45) is 2.06. The lowest BCUT2D eigenvalue weighted by Gasteiger charge is -2.34. The third kappa shape index (κ3) is 3.25. The highest BCUT2D eigenvalue weighted by Gasteiger charge is 2.27. The summed E-state index contributed by atoms with van der Waals surface area (Å²) in [7, 11) is 1.56. The lowest BCUT2D eigenvalue weighted by atomic mass is 9.92. The zero-order chi connectivity index (χ0) is 14.7. The van der Waals surface area contributed by atoms with Gasteiger partial charge in [0.25, 0.3) is 5.91 Å². The van der Waals surface area contributed by atoms with Crippen LogP contribution >= 0.6 is 11.6 Å². The molecule has 1 saturated heterocycles. The second-order valence-corrected chi connectivity index (χ2v) is 5.79. The van der Waals surface area contributed by atoms with Crippen molar-refractivity contribution in [3.63, 3.8) is 0 Å². The van der Waals surface area contributed by atoms with E-state index in [1.807, 2.05) is 11.8 Å². The summed E-state index contributed by atoms with van der Waals surface area (Å²) in [6, 6.07) is 5.21. The summed E-state index contributed by atoms with van der Waals surface area (Å²) < 4.78 is 5.26. The molecule has 2 atom stereocenters. The minimum Gasteiger partial charge on any atom is -0.496 e. The summed E-state index contributed by atoms with van der Waals surface area (Å²) in [5.74, 6) is 0.884. The van der Waals surface area contributed by atoms with Crippen molar-refractivity contribution in [3.05, 3.63) is 28.8 Å². The van der Waals surface area contributed by atoms with E-state index in [2.05, 4.69) is 0 Å². The number of carbonyl (C=O) groups excluding carboxylic acids is 1. The van der Waals surface area contributed by atoms with Crippen molar-refractivity contribution in [1.82, 2.24) is 4.90 Å². The smallest absolute Gasteiger partial charge is 0.257 e. The maximum atomic E-state index is 12.6. The molecule has 5 heteroatoms. The Morgan fingerprint density at radius 1 is 1.55 bits per heavy atom. The van der Waals surface area contributed by atoms with Crippen LogP contribution in [-0.4, -0.2) is 37.0 Å². The van der Waals surface area contributed by atoms with E-state index in [9.17, 15) is 4.79 Å². The number of hydrogen-bond acceptors (Lipinski definition) is 3. The Morgan fingerprint density at radius 3 is 2.95 bits per heavy atom. The number of nitrogens with zero attached hydrogens (tertiary/aromatic N) is 1. The summed E-state index contributed by atoms with van der Waals surface area (Å²) in [6.45, 7) is 3.46. The van der Waals surface area contributed by atoms with E-state index in [4.69, 9.17) is 22.1 Å². The summed E-state index contributed by atoms with van der Waals surface area (Å²) in [4.78, 5) is 14.5. The lowest BCUT2D eigenvalue weighted by Crippen LogP contribution is -2.45. The van der Waals surface area contributed by atoms with Crippen molar-refractivity contribution in [2.45, 2.75) is 25.8 Å². The molecule has 0 spiro atoms. The van der Waals surface area contributed by atoms with Crippen molar-refractivity contribution < 1.29 is 9.53 Å². The summed E-state index contributed by atoms with van der Waals surface area (Å²) in [5.41, 5.74) is 6.48. The molecule has 1 amide bonds. The molecule has 1 aromatic rings. The molecule has 2 unspecified atom stereocenters. The molecule has 1 aromatic carbocycles. The summed E-state index contributed by atoms with van der Waals surface area (Å²) >= 11 is 5.99. The Kier molecular flexibility index (Phi) is 4.89. The van der Waals surface area contributed by atoms with Crippen LogP contribution in [0.2, 0.25) is 5.02 Å². The summed E-state index contributed by atoms with van der Waals surface area (Å²) in [5, 5.41) is 0.537. The monoisotopic (exact) mass is 296 g/mol. The fraction of sp³-hybridized carbons (Fsp3) is 0.533. The Morgan fingerprint density at radius 2 is 2.30 bits per heavy atom. The van der Waals surface area contributed by atoms with Crippen LogP contribution in [-0.2, 0) is 0 Å². The predicted molar refractivity (Wildman–Crippen MR) is 80.3 cm³/mol. The highest BCUT2D eigenvalue weighted by Crippen LogP contribution is 2.26. The van der Waals surface area contributed by atoms with Gasteiger partial charge in [-0.15, -0.1) is 0 Å². The van der Waals surface area contributed by atoms with E-state index in [1.165, 1.54) is 0 Å². The fourth-order valence-corrected chi connectivity index (χ4v) is 2.81. The van der Waals surface area contributed by atoms with Crippen LogP contribution in [0.3, 0.4) is 0 Å². The molecule has 2 N–H and O–H groups in total. The Balaban J connectivity index is 2.20. The average Bonchev–Trinajstić information content (AvgIpc) is 2.46. The number of nitrogens with two attached hydrogens (primary N) is 1. The number of hydrogen-bond donors (Lipinski definition) is 1. The molecule has 1 heterocycles. The molecule has 0 radical (unpaired) electrons. The van der Waals surface area contributed by atoms with Crippen LogP contribution in [0.25, 0.3) is 0 Å². The molecule has 110 valence electrons. The zero-order valence-electron chi connectivity index (χ0n) is 11.9. The van der Waals surface area contributed by atoms with Crippen molar-refractivity contribution in [2.24, 2.45) is 11.7 Å². The lowest BCUT2D eigenvalue weighted by molar-refractivity contribution is 0.0657. The molecular weight excluding hydrogens is 276 g/mol. The highest BCUT2D eigenvalue weighted by atomic mass is 35.5. The second-order valence-electron chi connectivity index (χ2n) is 5.36. The number of methoxy groups -OCH3 is 1. The van der Waals surface area contributed by atoms with Crippen molar-refractivity contribution in [1.29, 1.82) is 0 Å². The molecule has 20 heavy (non-hydrogen) atoms. The van der Waals surface area contributed by atoms with Gasteiger partial charge in [0.2, 0.25) is 0 Å². The van der Waals surface area contributed by atoms with E-state index >= 15 is 0 Å². The predicted octanol–water partition coefficient (Wildman–Crippen LogP) is 2.55. The number of halogens is 1. The first-order chi connectivity index (χ1) is 9.52. The number of piperidine rings is 1. The van der Waals surface area contributed by atoms with E-state index < -0.39 is 0 Å². The molecule has 1 fully saturated rings. The van der Waals surface area contributed by atoms with Gasteiger partial charge in [-0.05, 0) is 43.9 Å². The van der Waals surface area contributed by atoms with Gasteiger partial charge in [-0.1, -0.05) is 11.6 Å². The van der Waals surface area contributed by atoms with Gasteiger partial charge >= 0.3 is 0 Å². The number of benzene rings is 1. The van der Waals surface area contributed by atoms with Gasteiger partial charge in [-0.3, -0.25) is 4.79 Å². The van der Waals surface area contributed by atoms with Gasteiger partial charge in [0.15, 0.2) is 0 Å². The van der Waals surface area contributed by atoms with Gasteiger partial charge in [-0.25, -0.2) is 0 Å². The molecule has 4 nitrogen and oxygen atoms in total. The number of ether oxygens (including phenoxy) is 1. The standard InChI is InChI=1S/C15H21ClN2O2/c1-10(17)11-4-3-7-18(9-11)15(19)13-8-12(16)5-6-14(13)20-2/h5-6,8,10-11H,3-4,7,9,17H2,1-2H3. The van der Waals surface area contributed by atoms with Crippen LogP contribution in [0.5, 0.6) is 5.75 Å². The molecular formula is C15H21ClN2O2. The molecule has 0 saturated carbocycles. The fourth-order valence-electron chi connectivity index (χ4n) is 2.64. The molecule has 0 aliphatic carbocycles. The zero-order valence-corrected chi connectivity index (χ0v) is 12.7. The van der Waals surface area contributed by atoms with E-state index in [0.29, 0.717) is 28.8 Å². The highest BCUT2D eigenvalue weighted by molar-refractivity contribution is 6.31. The number of rotatable bonds is 3. The number of carbonyl (C=O) groups is 1. The SMILES string of the molecule is COc1ccc(Cl)cc1C(=O)N1CCCC(C(C)N)C1. The van der Waals surface area contributed by atoms with Gasteiger partial charge in [-0.2, -0.15) is 0 Å². The molecule has 0 aromatic heterocycles. The third-order valence-electron chi connectivity index (χ3n) is 3.88. The maximum Gasteiger partial charge on any atom is 0.257 e. The number of amides is 1. The first kappa shape index (κ1) is 15.1. The van der Waals surface area contributed by atoms with Gasteiger partial charge < -0.3 is 15.4 Å². The van der Waals surface area contributed by atoms with Crippen LogP contribution in [0.1, 0.15) is 30.1 Å². The average molecular weight is 297 g/mol. The van der Waals surface area contributed by atoms with Gasteiger partial charge in [0.05, 0.1) is 12.7 Å². The maximum absolute atomic E-state index is 12.6. The molecule has 2 rings (SSSR count). The van der Waals surface area contributed by atoms with Crippen molar-refractivity contribution >= 4 is 17.5 Å². The number of likely N-dealkylation sites (tertiary alicyclic amines) is 1. The Bertz CT molecular complexity index is 491. The largest absolute Gasteiger partial charge is 0.496 e. The minimum atomic E-state index is -0.0327. The van der Waals surface area contributed by atoms with Crippen LogP contribution in [0.4, 0.5) is 0 Å². The van der Waals surface area contributed by atoms with Crippen LogP contribution in [0.15, 0.2) is 18.2 Å². The molecule has 1 aliphatic heterocycles. The van der Waals surface area contributed by atoms with Crippen molar-refractivity contribution in [3.8, 4) is 5.75 Å². The van der Waals surface area contributed by atoms with Gasteiger partial charge in [0.1, 0.15) is 5.75 Å². The third-order valence-corrected chi connectivity index (χ3v) is 4.12. The first-order valence-corrected chi connectivity index (χ1v) is 7.29. The van der Waals surface area contributed by atoms with Gasteiger partial charge in [0, 0.05) is 24.2 Å². The minimum absolute atomic E-state index is 0.0327. The topological polar surface area (TPSA) is 55.6 Å². The molecule has 1 aliphatic rings. The molecule has 0 bridgehead atoms. The Hall–Kier alpha value is -1.26. The quantitative estimate of drug-likeness (QED) is 0.932. The van der Waals surface area contributed by atoms with Crippen LogP contribution in [0, 0.1) is 5.92 Å². The first-order valence-electron chi connectivity index (χ1n) is 6.91. The van der Waals surface area contributed by atoms with Crippen molar-refractivity contribution in [2.75, 3.05) is 20.2 Å². The van der Waals surface area contributed by atoms with E-state index in [0.717, 1.165) is 19.4 Å². The van der Waals surface area contributed by atoms with Crippen LogP contribution < -0.4 is 10.5 Å². The van der Waals surface area contributed by atoms with E-state index in [-0.39, 0.29) is 11.9 Å². The second kappa shape index (κ2) is 6.46. The Labute approximate surface area is 124 Å².